The van der Waals surface area contributed by atoms with Gasteiger partial charge in [-0.1, -0.05) is 12.8 Å². The summed E-state index contributed by atoms with van der Waals surface area (Å²) in [5, 5.41) is 9.24. The minimum absolute atomic E-state index is 0.565. The van der Waals surface area contributed by atoms with Gasteiger partial charge >= 0.3 is 0 Å². The van der Waals surface area contributed by atoms with Gasteiger partial charge in [-0.05, 0) is 56.1 Å². The molecule has 2 aliphatic rings. The zero-order valence-electron chi connectivity index (χ0n) is 11.3. The molecule has 0 N–H and O–H groups in total. The number of nitriles is 1. The molecule has 100 valence electrons. The Labute approximate surface area is 114 Å². The van der Waals surface area contributed by atoms with E-state index in [-0.39, 0.29) is 0 Å². The van der Waals surface area contributed by atoms with Crippen LogP contribution in [0.1, 0.15) is 55.3 Å². The van der Waals surface area contributed by atoms with Crippen molar-refractivity contribution in [1.29, 1.82) is 5.26 Å². The molecule has 0 aromatic carbocycles. The quantitative estimate of drug-likeness (QED) is 0.832. The summed E-state index contributed by atoms with van der Waals surface area (Å²) in [7, 11) is 0. The Hall–Kier alpha value is -1.56. The van der Waals surface area contributed by atoms with Gasteiger partial charge in [0, 0.05) is 5.69 Å². The first kappa shape index (κ1) is 12.5. The van der Waals surface area contributed by atoms with Crippen LogP contribution in [0, 0.1) is 17.2 Å². The molecule has 0 amide bonds. The zero-order valence-corrected chi connectivity index (χ0v) is 11.3. The number of pyridine rings is 1. The molecule has 19 heavy (non-hydrogen) atoms. The lowest BCUT2D eigenvalue weighted by Gasteiger charge is -2.18. The molecule has 1 heterocycles. The number of hydrogen-bond acceptors (Lipinski definition) is 3. The van der Waals surface area contributed by atoms with Crippen LogP contribution in [0.15, 0.2) is 6.07 Å². The lowest BCUT2D eigenvalue weighted by molar-refractivity contribution is 0.242. The van der Waals surface area contributed by atoms with Gasteiger partial charge in [0.25, 0.3) is 0 Å². The summed E-state index contributed by atoms with van der Waals surface area (Å²) in [5.41, 5.74) is 3.00. The number of aromatic nitrogens is 1. The van der Waals surface area contributed by atoms with E-state index in [1.54, 1.807) is 0 Å². The van der Waals surface area contributed by atoms with Crippen molar-refractivity contribution < 1.29 is 4.74 Å². The second-order valence-corrected chi connectivity index (χ2v) is 5.73. The van der Waals surface area contributed by atoms with Crippen molar-refractivity contribution >= 4 is 0 Å². The Morgan fingerprint density at radius 2 is 2.00 bits per heavy atom. The van der Waals surface area contributed by atoms with Crippen molar-refractivity contribution in [2.45, 2.75) is 51.4 Å². The standard InChI is InChI=1S/C16H20N2O/c17-10-14-9-13-7-3-4-8-15(13)18-16(14)19-11-12-5-1-2-6-12/h9,12H,1-8,11H2. The predicted molar refractivity (Wildman–Crippen MR) is 73.0 cm³/mol. The zero-order chi connectivity index (χ0) is 13.1. The average molecular weight is 256 g/mol. The second-order valence-electron chi connectivity index (χ2n) is 5.73. The van der Waals surface area contributed by atoms with Crippen molar-refractivity contribution in [1.82, 2.24) is 4.98 Å². The van der Waals surface area contributed by atoms with Gasteiger partial charge < -0.3 is 4.74 Å². The fourth-order valence-electron chi connectivity index (χ4n) is 3.18. The molecule has 0 unspecified atom stereocenters. The molecule has 0 spiro atoms. The van der Waals surface area contributed by atoms with Crippen LogP contribution in [0.5, 0.6) is 5.88 Å². The van der Waals surface area contributed by atoms with Crippen molar-refractivity contribution in [2.24, 2.45) is 5.92 Å². The highest BCUT2D eigenvalue weighted by atomic mass is 16.5. The Morgan fingerprint density at radius 3 is 2.79 bits per heavy atom. The van der Waals surface area contributed by atoms with Gasteiger partial charge in [-0.3, -0.25) is 0 Å². The third kappa shape index (κ3) is 2.73. The van der Waals surface area contributed by atoms with Crippen molar-refractivity contribution in [3.8, 4) is 11.9 Å². The van der Waals surface area contributed by atoms with E-state index >= 15 is 0 Å². The SMILES string of the molecule is N#Cc1cc2c(nc1OCC1CCCC1)CCCC2. The molecule has 0 saturated heterocycles. The molecule has 0 bridgehead atoms. The molecule has 0 aliphatic heterocycles. The molecule has 1 saturated carbocycles. The molecule has 1 aromatic rings. The fourth-order valence-corrected chi connectivity index (χ4v) is 3.18. The highest BCUT2D eigenvalue weighted by molar-refractivity contribution is 5.43. The van der Waals surface area contributed by atoms with Crippen molar-refractivity contribution in [3.63, 3.8) is 0 Å². The van der Waals surface area contributed by atoms with E-state index in [9.17, 15) is 5.26 Å². The number of hydrogen-bond donors (Lipinski definition) is 0. The first-order valence-corrected chi connectivity index (χ1v) is 7.42. The minimum Gasteiger partial charge on any atom is -0.476 e. The lowest BCUT2D eigenvalue weighted by atomic mass is 9.95. The summed E-state index contributed by atoms with van der Waals surface area (Å²) in [6.07, 6.45) is 9.64. The second kappa shape index (κ2) is 5.61. The molecule has 3 heteroatoms. The summed E-state index contributed by atoms with van der Waals surface area (Å²) in [6, 6.07) is 4.23. The maximum atomic E-state index is 9.24. The van der Waals surface area contributed by atoms with Crippen molar-refractivity contribution in [3.05, 3.63) is 22.9 Å². The van der Waals surface area contributed by atoms with Gasteiger partial charge in [0.05, 0.1) is 6.61 Å². The maximum absolute atomic E-state index is 9.24. The Balaban J connectivity index is 1.77. The van der Waals surface area contributed by atoms with Gasteiger partial charge in [0.15, 0.2) is 0 Å². The predicted octanol–water partition coefficient (Wildman–Crippen LogP) is 3.40. The summed E-state index contributed by atoms with van der Waals surface area (Å²) in [4.78, 5) is 4.60. The van der Waals surface area contributed by atoms with Crippen LogP contribution >= 0.6 is 0 Å². The van der Waals surface area contributed by atoms with Gasteiger partial charge in [-0.2, -0.15) is 5.26 Å². The Morgan fingerprint density at radius 1 is 1.21 bits per heavy atom. The number of ether oxygens (including phenoxy) is 1. The van der Waals surface area contributed by atoms with Gasteiger partial charge in [0.1, 0.15) is 11.6 Å². The van der Waals surface area contributed by atoms with Crippen LogP contribution in [0.2, 0.25) is 0 Å². The molecule has 0 radical (unpaired) electrons. The van der Waals surface area contributed by atoms with E-state index in [2.05, 4.69) is 11.1 Å². The molecule has 1 fully saturated rings. The van der Waals surface area contributed by atoms with Crippen LogP contribution in [-0.4, -0.2) is 11.6 Å². The summed E-state index contributed by atoms with van der Waals surface area (Å²) in [5.74, 6) is 1.22. The summed E-state index contributed by atoms with van der Waals surface area (Å²) >= 11 is 0. The van der Waals surface area contributed by atoms with E-state index in [0.29, 0.717) is 17.4 Å². The van der Waals surface area contributed by atoms with Gasteiger partial charge in [-0.15, -0.1) is 0 Å². The normalized spacial score (nSPS) is 18.9. The third-order valence-corrected chi connectivity index (χ3v) is 4.32. The first-order valence-electron chi connectivity index (χ1n) is 7.42. The summed E-state index contributed by atoms with van der Waals surface area (Å²) in [6.45, 7) is 0.723. The van der Waals surface area contributed by atoms with Crippen LogP contribution < -0.4 is 4.74 Å². The molecule has 3 nitrogen and oxygen atoms in total. The van der Waals surface area contributed by atoms with E-state index in [4.69, 9.17) is 4.74 Å². The average Bonchev–Trinajstić information content (AvgIpc) is 2.97. The molecule has 3 rings (SSSR count). The molecular weight excluding hydrogens is 236 g/mol. The van der Waals surface area contributed by atoms with E-state index in [0.717, 1.165) is 25.1 Å². The van der Waals surface area contributed by atoms with Crippen LogP contribution in [-0.2, 0) is 12.8 Å². The highest BCUT2D eigenvalue weighted by Gasteiger charge is 2.19. The molecule has 1 aromatic heterocycles. The number of aryl methyl sites for hydroxylation is 2. The third-order valence-electron chi connectivity index (χ3n) is 4.32. The number of rotatable bonds is 3. The van der Waals surface area contributed by atoms with Crippen molar-refractivity contribution in [2.75, 3.05) is 6.61 Å². The van der Waals surface area contributed by atoms with E-state index < -0.39 is 0 Å². The highest BCUT2D eigenvalue weighted by Crippen LogP contribution is 2.28. The van der Waals surface area contributed by atoms with Crippen LogP contribution in [0.3, 0.4) is 0 Å². The number of nitrogens with zero attached hydrogens (tertiary/aromatic N) is 2. The molecular formula is C16H20N2O. The molecule has 0 atom stereocenters. The fraction of sp³-hybridized carbons (Fsp3) is 0.625. The number of fused-ring (bicyclic) bond motifs is 1. The lowest BCUT2D eigenvalue weighted by Crippen LogP contribution is -2.13. The van der Waals surface area contributed by atoms with Gasteiger partial charge in [0.2, 0.25) is 5.88 Å². The van der Waals surface area contributed by atoms with E-state index in [1.165, 1.54) is 44.1 Å². The monoisotopic (exact) mass is 256 g/mol. The van der Waals surface area contributed by atoms with Gasteiger partial charge in [-0.25, -0.2) is 4.98 Å². The molecule has 2 aliphatic carbocycles. The Kier molecular flexibility index (Phi) is 3.68. The van der Waals surface area contributed by atoms with Crippen LogP contribution in [0.4, 0.5) is 0 Å². The topological polar surface area (TPSA) is 45.9 Å². The summed E-state index contributed by atoms with van der Waals surface area (Å²) < 4.78 is 5.84. The Bertz CT molecular complexity index is 498. The minimum atomic E-state index is 0.565. The maximum Gasteiger partial charge on any atom is 0.231 e. The smallest absolute Gasteiger partial charge is 0.231 e. The largest absolute Gasteiger partial charge is 0.476 e. The van der Waals surface area contributed by atoms with Crippen LogP contribution in [0.25, 0.3) is 0 Å². The first-order chi connectivity index (χ1) is 9.36. The van der Waals surface area contributed by atoms with E-state index in [1.807, 2.05) is 6.07 Å².